The van der Waals surface area contributed by atoms with Crippen LogP contribution < -0.4 is 16.4 Å². The molecule has 2 rings (SSSR count). The highest BCUT2D eigenvalue weighted by molar-refractivity contribution is 5.85. The Labute approximate surface area is 124 Å². The third kappa shape index (κ3) is 4.21. The number of hydrogen-bond acceptors (Lipinski definition) is 3. The van der Waals surface area contributed by atoms with E-state index in [1.807, 2.05) is 30.3 Å². The van der Waals surface area contributed by atoms with Crippen LogP contribution in [0.15, 0.2) is 30.3 Å². The highest BCUT2D eigenvalue weighted by atomic mass is 35.5. The lowest BCUT2D eigenvalue weighted by molar-refractivity contribution is -0.126. The van der Waals surface area contributed by atoms with E-state index in [0.717, 1.165) is 5.56 Å². The summed E-state index contributed by atoms with van der Waals surface area (Å²) < 4.78 is 0. The Hall–Kier alpha value is -1.59. The number of nitrogens with one attached hydrogen (secondary N) is 2. The smallest absolute Gasteiger partial charge is 0.229 e. The molecule has 0 saturated carbocycles. The normalized spacial score (nSPS) is 19.4. The van der Waals surface area contributed by atoms with E-state index in [1.165, 1.54) is 0 Å². The Morgan fingerprint density at radius 1 is 1.40 bits per heavy atom. The molecule has 0 aliphatic carbocycles. The van der Waals surface area contributed by atoms with Gasteiger partial charge in [-0.05, 0) is 12.0 Å². The maximum atomic E-state index is 12.2. The van der Waals surface area contributed by atoms with E-state index in [1.54, 1.807) is 0 Å². The van der Waals surface area contributed by atoms with Crippen LogP contribution in [0.1, 0.15) is 24.3 Å². The fraction of sp³-hybridized carbons (Fsp3) is 0.429. The molecule has 20 heavy (non-hydrogen) atoms. The zero-order valence-electron chi connectivity index (χ0n) is 11.2. The summed E-state index contributed by atoms with van der Waals surface area (Å²) in [6.45, 7) is 0.769. The van der Waals surface area contributed by atoms with E-state index in [9.17, 15) is 9.59 Å². The minimum Gasteiger partial charge on any atom is -0.354 e. The van der Waals surface area contributed by atoms with E-state index >= 15 is 0 Å². The van der Waals surface area contributed by atoms with Crippen molar-refractivity contribution in [2.45, 2.75) is 24.8 Å². The third-order valence-electron chi connectivity index (χ3n) is 3.37. The van der Waals surface area contributed by atoms with Gasteiger partial charge in [-0.2, -0.15) is 0 Å². The topological polar surface area (TPSA) is 84.2 Å². The van der Waals surface area contributed by atoms with Crippen molar-refractivity contribution in [1.29, 1.82) is 0 Å². The molecule has 1 aromatic rings. The second-order valence-corrected chi connectivity index (χ2v) is 4.75. The van der Waals surface area contributed by atoms with E-state index in [4.69, 9.17) is 5.73 Å². The van der Waals surface area contributed by atoms with Crippen LogP contribution in [0, 0.1) is 0 Å². The van der Waals surface area contributed by atoms with Crippen LogP contribution in [0.25, 0.3) is 0 Å². The Morgan fingerprint density at radius 3 is 2.65 bits per heavy atom. The van der Waals surface area contributed by atoms with Crippen LogP contribution in [0.5, 0.6) is 0 Å². The average Bonchev–Trinajstić information content (AvgIpc) is 2.43. The lowest BCUT2D eigenvalue weighted by Crippen LogP contribution is -2.49. The summed E-state index contributed by atoms with van der Waals surface area (Å²) in [5, 5.41) is 5.70. The van der Waals surface area contributed by atoms with Gasteiger partial charge in [0.1, 0.15) is 0 Å². The van der Waals surface area contributed by atoms with Crippen LogP contribution >= 0.6 is 12.4 Å². The van der Waals surface area contributed by atoms with Crippen molar-refractivity contribution in [3.05, 3.63) is 35.9 Å². The molecule has 1 heterocycles. The molecule has 2 amide bonds. The van der Waals surface area contributed by atoms with Gasteiger partial charge in [0.25, 0.3) is 0 Å². The monoisotopic (exact) mass is 297 g/mol. The lowest BCUT2D eigenvalue weighted by Gasteiger charge is -2.25. The maximum Gasteiger partial charge on any atom is 0.229 e. The summed E-state index contributed by atoms with van der Waals surface area (Å²) >= 11 is 0. The molecule has 1 fully saturated rings. The van der Waals surface area contributed by atoms with Crippen molar-refractivity contribution < 1.29 is 9.59 Å². The molecule has 1 aromatic carbocycles. The summed E-state index contributed by atoms with van der Waals surface area (Å²) in [5.41, 5.74) is 6.62. The predicted molar refractivity (Wildman–Crippen MR) is 79.7 cm³/mol. The molecule has 0 radical (unpaired) electrons. The SMILES string of the molecule is Cl.NCC(C(=O)NC1CCC(=O)NC1)c1ccccc1. The molecule has 2 atom stereocenters. The molecular formula is C14H20ClN3O2. The van der Waals surface area contributed by atoms with Gasteiger partial charge in [-0.25, -0.2) is 0 Å². The molecule has 0 aromatic heterocycles. The van der Waals surface area contributed by atoms with Crippen LogP contribution in [0.3, 0.4) is 0 Å². The van der Waals surface area contributed by atoms with Gasteiger partial charge in [0.15, 0.2) is 0 Å². The van der Waals surface area contributed by atoms with Gasteiger partial charge in [0.05, 0.1) is 5.92 Å². The van der Waals surface area contributed by atoms with Gasteiger partial charge >= 0.3 is 0 Å². The summed E-state index contributed by atoms with van der Waals surface area (Å²) in [6, 6.07) is 9.51. The third-order valence-corrected chi connectivity index (χ3v) is 3.37. The highest BCUT2D eigenvalue weighted by Gasteiger charge is 2.24. The first-order valence-electron chi connectivity index (χ1n) is 6.53. The summed E-state index contributed by atoms with van der Waals surface area (Å²) in [6.07, 6.45) is 1.15. The van der Waals surface area contributed by atoms with E-state index < -0.39 is 0 Å². The molecule has 1 aliphatic rings. The van der Waals surface area contributed by atoms with Gasteiger partial charge in [-0.1, -0.05) is 30.3 Å². The van der Waals surface area contributed by atoms with Crippen molar-refractivity contribution in [1.82, 2.24) is 10.6 Å². The van der Waals surface area contributed by atoms with Crippen molar-refractivity contribution >= 4 is 24.2 Å². The molecule has 1 saturated heterocycles. The van der Waals surface area contributed by atoms with Crippen LogP contribution in [-0.2, 0) is 9.59 Å². The van der Waals surface area contributed by atoms with Gasteiger partial charge in [0.2, 0.25) is 11.8 Å². The molecule has 110 valence electrons. The molecule has 5 nitrogen and oxygen atoms in total. The second-order valence-electron chi connectivity index (χ2n) is 4.75. The number of halogens is 1. The van der Waals surface area contributed by atoms with E-state index in [0.29, 0.717) is 19.4 Å². The molecular weight excluding hydrogens is 278 g/mol. The Morgan fingerprint density at radius 2 is 2.10 bits per heavy atom. The molecule has 4 N–H and O–H groups in total. The number of carbonyl (C=O) groups is 2. The maximum absolute atomic E-state index is 12.2. The highest BCUT2D eigenvalue weighted by Crippen LogP contribution is 2.15. The zero-order valence-corrected chi connectivity index (χ0v) is 12.0. The predicted octanol–water partition coefficient (Wildman–Crippen LogP) is 0.546. The number of hydrogen-bond donors (Lipinski definition) is 3. The molecule has 2 unspecified atom stereocenters. The molecule has 1 aliphatic heterocycles. The first-order valence-corrected chi connectivity index (χ1v) is 6.53. The van der Waals surface area contributed by atoms with Crippen LogP contribution in [0.4, 0.5) is 0 Å². The van der Waals surface area contributed by atoms with E-state index in [2.05, 4.69) is 10.6 Å². The number of piperidine rings is 1. The van der Waals surface area contributed by atoms with Crippen molar-refractivity contribution in [2.75, 3.05) is 13.1 Å². The number of benzene rings is 1. The minimum atomic E-state index is -0.334. The quantitative estimate of drug-likeness (QED) is 0.758. The average molecular weight is 298 g/mol. The van der Waals surface area contributed by atoms with E-state index in [-0.39, 0.29) is 42.7 Å². The molecule has 6 heteroatoms. The van der Waals surface area contributed by atoms with Crippen molar-refractivity contribution in [3.63, 3.8) is 0 Å². The zero-order chi connectivity index (χ0) is 13.7. The Bertz CT molecular complexity index is 443. The molecule has 0 spiro atoms. The number of rotatable bonds is 4. The summed E-state index contributed by atoms with van der Waals surface area (Å²) in [5.74, 6) is -0.363. The lowest BCUT2D eigenvalue weighted by atomic mass is 9.97. The second kappa shape index (κ2) is 7.87. The number of carbonyl (C=O) groups excluding carboxylic acids is 2. The van der Waals surface area contributed by atoms with Crippen molar-refractivity contribution in [3.8, 4) is 0 Å². The van der Waals surface area contributed by atoms with Crippen LogP contribution in [-0.4, -0.2) is 30.9 Å². The van der Waals surface area contributed by atoms with Gasteiger partial charge in [0, 0.05) is 25.6 Å². The summed E-state index contributed by atoms with van der Waals surface area (Å²) in [4.78, 5) is 23.3. The fourth-order valence-electron chi connectivity index (χ4n) is 2.24. The van der Waals surface area contributed by atoms with Gasteiger partial charge < -0.3 is 16.4 Å². The number of amides is 2. The fourth-order valence-corrected chi connectivity index (χ4v) is 2.24. The van der Waals surface area contributed by atoms with Gasteiger partial charge in [-0.3, -0.25) is 9.59 Å². The first-order chi connectivity index (χ1) is 9.20. The summed E-state index contributed by atoms with van der Waals surface area (Å²) in [7, 11) is 0. The Balaban J connectivity index is 0.00000200. The minimum absolute atomic E-state index is 0. The first kappa shape index (κ1) is 16.5. The van der Waals surface area contributed by atoms with Gasteiger partial charge in [-0.15, -0.1) is 12.4 Å². The standard InChI is InChI=1S/C14H19N3O2.ClH/c15-8-12(10-4-2-1-3-5-10)14(19)17-11-6-7-13(18)16-9-11;/h1-5,11-12H,6-9,15H2,(H,16,18)(H,17,19);1H. The number of nitrogens with two attached hydrogens (primary N) is 1. The van der Waals surface area contributed by atoms with Crippen molar-refractivity contribution in [2.24, 2.45) is 5.73 Å². The van der Waals surface area contributed by atoms with Crippen LogP contribution in [0.2, 0.25) is 0 Å². The largest absolute Gasteiger partial charge is 0.354 e. The Kier molecular flexibility index (Phi) is 6.48. The molecule has 0 bridgehead atoms.